The van der Waals surface area contributed by atoms with E-state index in [1.807, 2.05) is 48.0 Å². The second-order valence-corrected chi connectivity index (χ2v) is 10.4. The van der Waals surface area contributed by atoms with Gasteiger partial charge in [0.1, 0.15) is 34.2 Å². The summed E-state index contributed by atoms with van der Waals surface area (Å²) in [6.07, 6.45) is 0. The Morgan fingerprint density at radius 2 is 0.955 bits per heavy atom. The van der Waals surface area contributed by atoms with Gasteiger partial charge in [-0.3, -0.25) is 0 Å². The second kappa shape index (κ2) is 10.2. The Labute approximate surface area is 250 Å². The monoisotopic (exact) mass is 589 g/mol. The first kappa shape index (κ1) is 27.2. The topological polar surface area (TPSA) is 102 Å². The van der Waals surface area contributed by atoms with E-state index in [2.05, 4.69) is 0 Å². The zero-order chi connectivity index (χ0) is 30.7. The number of hydrogen-bond acceptors (Lipinski definition) is 8. The molecule has 0 aliphatic carbocycles. The van der Waals surface area contributed by atoms with Crippen LogP contribution in [-0.2, 0) is 7.05 Å². The van der Waals surface area contributed by atoms with E-state index in [0.29, 0.717) is 67.2 Å². The summed E-state index contributed by atoms with van der Waals surface area (Å²) >= 11 is 0. The summed E-state index contributed by atoms with van der Waals surface area (Å²) in [5.74, 6) is 2.14. The number of rotatable bonds is 6. The fourth-order valence-electron chi connectivity index (χ4n) is 5.84. The van der Waals surface area contributed by atoms with E-state index < -0.39 is 11.3 Å². The Kier molecular flexibility index (Phi) is 6.32. The predicted octanol–water partition coefficient (Wildman–Crippen LogP) is 6.91. The molecule has 4 aromatic carbocycles. The lowest BCUT2D eigenvalue weighted by atomic mass is 10.0. The molecule has 7 aromatic rings. The molecular weight excluding hydrogens is 562 g/mol. The Balaban J connectivity index is 1.37. The van der Waals surface area contributed by atoms with E-state index in [-0.39, 0.29) is 0 Å². The molecule has 220 valence electrons. The van der Waals surface area contributed by atoms with Crippen LogP contribution in [0.3, 0.4) is 0 Å². The molecule has 0 N–H and O–H groups in total. The van der Waals surface area contributed by atoms with Crippen LogP contribution in [0.1, 0.15) is 0 Å². The minimum atomic E-state index is -0.468. The van der Waals surface area contributed by atoms with Crippen LogP contribution < -0.4 is 30.2 Å². The van der Waals surface area contributed by atoms with Crippen LogP contribution in [-0.4, -0.2) is 33.0 Å². The molecule has 0 radical (unpaired) electrons. The van der Waals surface area contributed by atoms with Gasteiger partial charge in [0, 0.05) is 53.1 Å². The van der Waals surface area contributed by atoms with Crippen molar-refractivity contribution in [1.82, 2.24) is 4.57 Å². The quantitative estimate of drug-likeness (QED) is 0.193. The summed E-state index contributed by atoms with van der Waals surface area (Å²) < 4.78 is 35.1. The second-order valence-electron chi connectivity index (χ2n) is 10.4. The smallest absolute Gasteiger partial charge is 0.344 e. The van der Waals surface area contributed by atoms with Crippen molar-refractivity contribution in [3.05, 3.63) is 93.6 Å². The van der Waals surface area contributed by atoms with E-state index in [1.54, 1.807) is 64.8 Å². The number of methoxy groups -OCH3 is 4. The molecule has 9 heteroatoms. The minimum absolute atomic E-state index is 0.378. The maximum atomic E-state index is 13.1. The summed E-state index contributed by atoms with van der Waals surface area (Å²) in [6, 6.07) is 22.1. The maximum Gasteiger partial charge on any atom is 0.344 e. The van der Waals surface area contributed by atoms with Gasteiger partial charge in [-0.15, -0.1) is 0 Å². The Morgan fingerprint density at radius 1 is 0.523 bits per heavy atom. The highest BCUT2D eigenvalue weighted by atomic mass is 16.5. The van der Waals surface area contributed by atoms with E-state index in [0.717, 1.165) is 21.8 Å². The van der Waals surface area contributed by atoms with Crippen molar-refractivity contribution in [2.24, 2.45) is 7.05 Å². The van der Waals surface area contributed by atoms with Gasteiger partial charge in [0.25, 0.3) is 0 Å². The normalized spacial score (nSPS) is 11.5. The predicted molar refractivity (Wildman–Crippen MR) is 170 cm³/mol. The molecule has 0 amide bonds. The Morgan fingerprint density at radius 3 is 1.34 bits per heavy atom. The van der Waals surface area contributed by atoms with Crippen LogP contribution in [0, 0.1) is 0 Å². The van der Waals surface area contributed by atoms with Crippen LogP contribution >= 0.6 is 0 Å². The van der Waals surface area contributed by atoms with E-state index in [1.165, 1.54) is 0 Å². The molecule has 0 saturated heterocycles. The average molecular weight is 590 g/mol. The largest absolute Gasteiger partial charge is 0.496 e. The molecule has 0 fully saturated rings. The van der Waals surface area contributed by atoms with Gasteiger partial charge in [-0.25, -0.2) is 9.59 Å². The highest BCUT2D eigenvalue weighted by molar-refractivity contribution is 6.10. The zero-order valence-electron chi connectivity index (χ0n) is 24.6. The number of benzene rings is 4. The van der Waals surface area contributed by atoms with Crippen LogP contribution in [0.2, 0.25) is 0 Å². The van der Waals surface area contributed by atoms with Crippen LogP contribution in [0.25, 0.3) is 66.0 Å². The van der Waals surface area contributed by atoms with Crippen LogP contribution in [0.15, 0.2) is 91.2 Å². The zero-order valence-corrected chi connectivity index (χ0v) is 24.6. The van der Waals surface area contributed by atoms with Crippen LogP contribution in [0.4, 0.5) is 0 Å². The van der Waals surface area contributed by atoms with Gasteiger partial charge in [0.2, 0.25) is 0 Å². The number of nitrogens with zero attached hydrogens (tertiary/aromatic N) is 1. The molecule has 3 aromatic heterocycles. The highest BCUT2D eigenvalue weighted by Gasteiger charge is 2.18. The van der Waals surface area contributed by atoms with Gasteiger partial charge >= 0.3 is 11.3 Å². The van der Waals surface area contributed by atoms with Gasteiger partial charge in [0.05, 0.1) is 50.3 Å². The number of aryl methyl sites for hydroxylation is 1. The lowest BCUT2D eigenvalue weighted by Gasteiger charge is -2.09. The first-order chi connectivity index (χ1) is 21.3. The van der Waals surface area contributed by atoms with Gasteiger partial charge in [-0.05, 0) is 35.4 Å². The molecule has 0 aliphatic heterocycles. The minimum Gasteiger partial charge on any atom is -0.496 e. The molecule has 9 nitrogen and oxygen atoms in total. The summed E-state index contributed by atoms with van der Waals surface area (Å²) in [5.41, 5.74) is 3.87. The summed E-state index contributed by atoms with van der Waals surface area (Å²) in [7, 11) is 8.16. The van der Waals surface area contributed by atoms with Gasteiger partial charge < -0.3 is 32.3 Å². The summed E-state index contributed by atoms with van der Waals surface area (Å²) in [5, 5.41) is 3.33. The van der Waals surface area contributed by atoms with Crippen molar-refractivity contribution in [2.75, 3.05) is 28.4 Å². The Hall–Kier alpha value is -5.70. The van der Waals surface area contributed by atoms with Gasteiger partial charge in [-0.1, -0.05) is 24.3 Å². The molecule has 0 saturated carbocycles. The van der Waals surface area contributed by atoms with Crippen molar-refractivity contribution in [1.29, 1.82) is 0 Å². The maximum absolute atomic E-state index is 13.1. The van der Waals surface area contributed by atoms with Crippen molar-refractivity contribution >= 4 is 43.7 Å². The highest BCUT2D eigenvalue weighted by Crippen LogP contribution is 2.37. The van der Waals surface area contributed by atoms with Gasteiger partial charge in [0.15, 0.2) is 0 Å². The number of fused-ring (bicyclic) bond motifs is 5. The molecule has 3 heterocycles. The SMILES string of the molecule is COc1cc(OC)c2cc(-c3ccc4c5ccc(-c6cc7c(OC)cc(OC)cc7oc6=O)cc5n(C)c4c3)c(=O)oc2c1. The standard InChI is InChI=1S/C35H27NO8/c1-36-28-10-18(24-16-26-30(41-4)12-20(39-2)14-32(26)43-34(24)37)6-8-22(28)23-9-7-19(11-29(23)36)25-17-27-31(42-5)13-21(40-3)15-33(27)44-35(25)38/h6-17H,1-5H3. The number of ether oxygens (including phenoxy) is 4. The van der Waals surface area contributed by atoms with Gasteiger partial charge in [-0.2, -0.15) is 0 Å². The molecule has 7 rings (SSSR count). The average Bonchev–Trinajstić information content (AvgIpc) is 3.32. The number of aromatic nitrogens is 1. The fraction of sp³-hybridized carbons (Fsp3) is 0.143. The van der Waals surface area contributed by atoms with Crippen molar-refractivity contribution in [3.63, 3.8) is 0 Å². The van der Waals surface area contributed by atoms with Crippen molar-refractivity contribution in [3.8, 4) is 45.3 Å². The summed E-state index contributed by atoms with van der Waals surface area (Å²) in [6.45, 7) is 0. The fourth-order valence-corrected chi connectivity index (χ4v) is 5.84. The Bertz CT molecular complexity index is 2230. The first-order valence-corrected chi connectivity index (χ1v) is 13.8. The third-order valence-corrected chi connectivity index (χ3v) is 8.12. The molecule has 0 aliphatic rings. The lowest BCUT2D eigenvalue weighted by molar-refractivity contribution is 0.395. The third kappa shape index (κ3) is 4.16. The van der Waals surface area contributed by atoms with E-state index >= 15 is 0 Å². The van der Waals surface area contributed by atoms with Crippen molar-refractivity contribution < 1.29 is 27.8 Å². The van der Waals surface area contributed by atoms with Crippen molar-refractivity contribution in [2.45, 2.75) is 0 Å². The van der Waals surface area contributed by atoms with E-state index in [9.17, 15) is 9.59 Å². The molecule has 0 spiro atoms. The van der Waals surface area contributed by atoms with E-state index in [4.69, 9.17) is 27.8 Å². The third-order valence-electron chi connectivity index (χ3n) is 8.12. The molecular formula is C35H27NO8. The molecule has 0 unspecified atom stereocenters. The first-order valence-electron chi connectivity index (χ1n) is 13.8. The number of hydrogen-bond donors (Lipinski definition) is 0. The molecule has 0 bridgehead atoms. The molecule has 44 heavy (non-hydrogen) atoms. The molecule has 0 atom stereocenters. The van der Waals surface area contributed by atoms with Crippen LogP contribution in [0.5, 0.6) is 23.0 Å². The summed E-state index contributed by atoms with van der Waals surface area (Å²) in [4.78, 5) is 26.2. The lowest BCUT2D eigenvalue weighted by Crippen LogP contribution is -2.04.